The summed E-state index contributed by atoms with van der Waals surface area (Å²) >= 11 is 0. The molecule has 1 aliphatic heterocycles. The van der Waals surface area contributed by atoms with Crippen molar-refractivity contribution in [2.24, 2.45) is 0 Å². The van der Waals surface area contributed by atoms with Crippen molar-refractivity contribution in [3.05, 3.63) is 30.0 Å². The zero-order valence-corrected chi connectivity index (χ0v) is 15.5. The molecule has 3 N–H and O–H groups in total. The van der Waals surface area contributed by atoms with E-state index < -0.39 is 12.2 Å². The largest absolute Gasteiger partial charge is 0.479 e. The van der Waals surface area contributed by atoms with Gasteiger partial charge in [-0.25, -0.2) is 4.79 Å². The number of carbonyl (C=O) groups is 2. The normalized spacial score (nSPS) is 16.7. The van der Waals surface area contributed by atoms with Gasteiger partial charge in [-0.15, -0.1) is 0 Å². The zero-order valence-electron chi connectivity index (χ0n) is 15.5. The lowest BCUT2D eigenvalue weighted by molar-refractivity contribution is -0.142. The second kappa shape index (κ2) is 8.30. The molecule has 2 aromatic rings. The van der Waals surface area contributed by atoms with Crippen LogP contribution in [-0.2, 0) is 16.0 Å². The van der Waals surface area contributed by atoms with E-state index in [1.165, 1.54) is 0 Å². The molecule has 146 valence electrons. The van der Waals surface area contributed by atoms with Crippen LogP contribution in [0.15, 0.2) is 24.4 Å². The molecule has 1 fully saturated rings. The highest BCUT2D eigenvalue weighted by Gasteiger charge is 2.24. The van der Waals surface area contributed by atoms with Crippen LogP contribution in [0.5, 0.6) is 5.75 Å². The van der Waals surface area contributed by atoms with E-state index in [2.05, 4.69) is 10.3 Å². The molecule has 0 unspecified atom stereocenters. The number of rotatable bonds is 6. The van der Waals surface area contributed by atoms with Crippen LogP contribution in [0.2, 0.25) is 0 Å². The first-order chi connectivity index (χ1) is 13.0. The quantitative estimate of drug-likeness (QED) is 0.716. The second-order valence-electron chi connectivity index (χ2n) is 6.75. The molecule has 8 nitrogen and oxygen atoms in total. The van der Waals surface area contributed by atoms with Gasteiger partial charge in [0, 0.05) is 30.7 Å². The first-order valence-electron chi connectivity index (χ1n) is 9.07. The van der Waals surface area contributed by atoms with Crippen LogP contribution in [0.3, 0.4) is 0 Å². The number of carbonyl (C=O) groups excluding carboxylic acids is 1. The van der Waals surface area contributed by atoms with Crippen LogP contribution in [-0.4, -0.2) is 65.4 Å². The Morgan fingerprint density at radius 3 is 2.78 bits per heavy atom. The van der Waals surface area contributed by atoms with E-state index >= 15 is 0 Å². The molecule has 1 aliphatic rings. The minimum atomic E-state index is -1.04. The topological polar surface area (TPSA) is 104 Å². The molecule has 0 spiro atoms. The molecule has 1 aromatic heterocycles. The molecule has 0 bridgehead atoms. The van der Waals surface area contributed by atoms with E-state index in [0.29, 0.717) is 38.5 Å². The number of ether oxygens (including phenoxy) is 2. The maximum Gasteiger partial charge on any atom is 0.404 e. The number of H-pyrrole nitrogens is 1. The van der Waals surface area contributed by atoms with Gasteiger partial charge < -0.3 is 29.8 Å². The number of nitrogens with zero attached hydrogens (tertiary/aromatic N) is 1. The summed E-state index contributed by atoms with van der Waals surface area (Å²) < 4.78 is 11.2. The number of carboxylic acid groups (broad SMARTS) is 1. The van der Waals surface area contributed by atoms with Crippen molar-refractivity contribution in [3.63, 3.8) is 0 Å². The summed E-state index contributed by atoms with van der Waals surface area (Å²) in [7, 11) is 0. The minimum absolute atomic E-state index is 0.0543. The molecular weight excluding hydrogens is 350 g/mol. The third-order valence-corrected chi connectivity index (χ3v) is 4.63. The number of hydrogen-bond donors (Lipinski definition) is 3. The summed E-state index contributed by atoms with van der Waals surface area (Å²) in [6.07, 6.45) is 0.763. The Morgan fingerprint density at radius 2 is 2.07 bits per heavy atom. The van der Waals surface area contributed by atoms with E-state index in [4.69, 9.17) is 14.6 Å². The summed E-state index contributed by atoms with van der Waals surface area (Å²) in [6.45, 7) is 5.83. The molecule has 27 heavy (non-hydrogen) atoms. The molecule has 3 rings (SSSR count). The van der Waals surface area contributed by atoms with Gasteiger partial charge in [-0.1, -0.05) is 12.1 Å². The van der Waals surface area contributed by atoms with Crippen molar-refractivity contribution >= 4 is 22.9 Å². The van der Waals surface area contributed by atoms with Gasteiger partial charge >= 0.3 is 6.09 Å². The SMILES string of the molecule is C[C@H](Cc1c[nH]c2c(O[C@@H](C)C(=O)N3CCOCC3)cccc12)NC(=O)O. The van der Waals surface area contributed by atoms with Gasteiger partial charge in [-0.3, -0.25) is 4.79 Å². The fraction of sp³-hybridized carbons (Fsp3) is 0.474. The Balaban J connectivity index is 1.73. The average Bonchev–Trinajstić information content (AvgIpc) is 3.05. The molecular formula is C19H25N3O5. The summed E-state index contributed by atoms with van der Waals surface area (Å²) in [6, 6.07) is 5.43. The van der Waals surface area contributed by atoms with Gasteiger partial charge in [0.05, 0.1) is 18.7 Å². The Bertz CT molecular complexity index is 813. The number of benzene rings is 1. The van der Waals surface area contributed by atoms with Crippen LogP contribution in [0, 0.1) is 0 Å². The van der Waals surface area contributed by atoms with Crippen LogP contribution < -0.4 is 10.1 Å². The highest BCUT2D eigenvalue weighted by molar-refractivity contribution is 5.89. The minimum Gasteiger partial charge on any atom is -0.479 e. The van der Waals surface area contributed by atoms with E-state index in [-0.39, 0.29) is 11.9 Å². The average molecular weight is 375 g/mol. The van der Waals surface area contributed by atoms with Crippen molar-refractivity contribution in [2.45, 2.75) is 32.4 Å². The predicted octanol–water partition coefficient (Wildman–Crippen LogP) is 1.99. The Hall–Kier alpha value is -2.74. The molecule has 2 heterocycles. The van der Waals surface area contributed by atoms with E-state index in [1.54, 1.807) is 11.8 Å². The lowest BCUT2D eigenvalue weighted by Gasteiger charge is -2.29. The summed E-state index contributed by atoms with van der Waals surface area (Å²) in [5.74, 6) is 0.549. The number of fused-ring (bicyclic) bond motifs is 1. The third kappa shape index (κ3) is 4.51. The maximum atomic E-state index is 12.6. The number of hydrogen-bond acceptors (Lipinski definition) is 4. The Kier molecular flexibility index (Phi) is 5.85. The monoisotopic (exact) mass is 375 g/mol. The smallest absolute Gasteiger partial charge is 0.404 e. The lowest BCUT2D eigenvalue weighted by Crippen LogP contribution is -2.46. The first-order valence-corrected chi connectivity index (χ1v) is 9.07. The van der Waals surface area contributed by atoms with Crippen molar-refractivity contribution in [3.8, 4) is 5.75 Å². The summed E-state index contributed by atoms with van der Waals surface area (Å²) in [4.78, 5) is 28.3. The van der Waals surface area contributed by atoms with Gasteiger partial charge in [0.1, 0.15) is 5.75 Å². The third-order valence-electron chi connectivity index (χ3n) is 4.63. The lowest BCUT2D eigenvalue weighted by atomic mass is 10.1. The second-order valence-corrected chi connectivity index (χ2v) is 6.75. The Labute approximate surface area is 157 Å². The fourth-order valence-corrected chi connectivity index (χ4v) is 3.33. The van der Waals surface area contributed by atoms with Crippen molar-refractivity contribution < 1.29 is 24.2 Å². The molecule has 1 aromatic carbocycles. The van der Waals surface area contributed by atoms with Crippen LogP contribution >= 0.6 is 0 Å². The van der Waals surface area contributed by atoms with Crippen LogP contribution in [0.1, 0.15) is 19.4 Å². The molecule has 2 amide bonds. The summed E-state index contributed by atoms with van der Waals surface area (Å²) in [5.41, 5.74) is 1.79. The zero-order chi connectivity index (χ0) is 19.4. The number of nitrogens with one attached hydrogen (secondary N) is 2. The van der Waals surface area contributed by atoms with Gasteiger partial charge in [-0.05, 0) is 31.9 Å². The van der Waals surface area contributed by atoms with Crippen LogP contribution in [0.25, 0.3) is 10.9 Å². The highest BCUT2D eigenvalue weighted by atomic mass is 16.5. The fourth-order valence-electron chi connectivity index (χ4n) is 3.33. The molecule has 0 aliphatic carbocycles. The molecule has 0 saturated carbocycles. The summed E-state index contributed by atoms with van der Waals surface area (Å²) in [5, 5.41) is 12.3. The van der Waals surface area contributed by atoms with Gasteiger partial charge in [0.2, 0.25) is 0 Å². The Morgan fingerprint density at radius 1 is 1.33 bits per heavy atom. The number of morpholine rings is 1. The van der Waals surface area contributed by atoms with Gasteiger partial charge in [0.25, 0.3) is 5.91 Å². The number of aromatic amines is 1. The van der Waals surface area contributed by atoms with E-state index in [9.17, 15) is 9.59 Å². The molecule has 8 heteroatoms. The van der Waals surface area contributed by atoms with Gasteiger partial charge in [-0.2, -0.15) is 0 Å². The highest BCUT2D eigenvalue weighted by Crippen LogP contribution is 2.29. The predicted molar refractivity (Wildman–Crippen MR) is 100 cm³/mol. The van der Waals surface area contributed by atoms with Crippen molar-refractivity contribution in [1.82, 2.24) is 15.2 Å². The number of amides is 2. The first kappa shape index (κ1) is 19.0. The van der Waals surface area contributed by atoms with E-state index in [0.717, 1.165) is 16.5 Å². The molecule has 0 radical (unpaired) electrons. The molecule has 1 saturated heterocycles. The maximum absolute atomic E-state index is 12.6. The van der Waals surface area contributed by atoms with Crippen LogP contribution in [0.4, 0.5) is 4.79 Å². The van der Waals surface area contributed by atoms with E-state index in [1.807, 2.05) is 31.3 Å². The standard InChI is InChI=1S/C19H25N3O5/c1-12(21-19(24)25)10-14-11-20-17-15(14)4-3-5-16(17)27-13(2)18(23)22-6-8-26-9-7-22/h3-5,11-13,20-21H,6-10H2,1-2H3,(H,24,25)/t12-,13+/m1/s1. The van der Waals surface area contributed by atoms with Crippen molar-refractivity contribution in [2.75, 3.05) is 26.3 Å². The number of aromatic nitrogens is 1. The number of para-hydroxylation sites is 1. The van der Waals surface area contributed by atoms with Gasteiger partial charge in [0.15, 0.2) is 6.10 Å². The van der Waals surface area contributed by atoms with Crippen molar-refractivity contribution in [1.29, 1.82) is 0 Å². The molecule has 2 atom stereocenters.